The highest BCUT2D eigenvalue weighted by Gasteiger charge is 2.35. The Hall–Kier alpha value is -4.28. The minimum absolute atomic E-state index is 0.0898. The Balaban J connectivity index is 1.47. The molecule has 16 heteroatoms. The van der Waals surface area contributed by atoms with E-state index in [2.05, 4.69) is 10.1 Å². The van der Waals surface area contributed by atoms with E-state index in [4.69, 9.17) is 14.6 Å². The second-order valence-corrected chi connectivity index (χ2v) is 13.1. The van der Waals surface area contributed by atoms with Crippen LogP contribution in [0.2, 0.25) is 0 Å². The number of hydrogen-bond acceptors (Lipinski definition) is 8. The van der Waals surface area contributed by atoms with Gasteiger partial charge in [-0.05, 0) is 66.2 Å². The summed E-state index contributed by atoms with van der Waals surface area (Å²) in [5, 5.41) is 11.7. The van der Waals surface area contributed by atoms with Gasteiger partial charge in [0.2, 0.25) is 0 Å². The van der Waals surface area contributed by atoms with Crippen LogP contribution in [-0.2, 0) is 30.3 Å². The molecule has 0 saturated carbocycles. The molecule has 0 aliphatic carbocycles. The van der Waals surface area contributed by atoms with E-state index in [-0.39, 0.29) is 48.1 Å². The smallest absolute Gasteiger partial charge is 0.416 e. The van der Waals surface area contributed by atoms with Crippen molar-refractivity contribution in [2.45, 2.75) is 49.2 Å². The molecule has 1 amide bonds. The zero-order chi connectivity index (χ0) is 35.1. The molecule has 1 aliphatic rings. The Morgan fingerprint density at radius 3 is 2.21 bits per heavy atom. The number of carbonyl (C=O) groups excluding carboxylic acids is 1. The number of amides is 1. The summed E-state index contributed by atoms with van der Waals surface area (Å²) in [5.41, 5.74) is 0.374. The number of carboxylic acids is 1. The van der Waals surface area contributed by atoms with Crippen LogP contribution in [0.1, 0.15) is 40.9 Å². The molecular formula is C32H33F5N2O8S. The van der Waals surface area contributed by atoms with Crippen molar-refractivity contribution >= 4 is 27.4 Å². The number of alkyl halides is 5. The summed E-state index contributed by atoms with van der Waals surface area (Å²) in [4.78, 5) is 26.0. The third-order valence-electron chi connectivity index (χ3n) is 7.57. The minimum atomic E-state index is -4.51. The molecule has 1 heterocycles. The van der Waals surface area contributed by atoms with Crippen molar-refractivity contribution in [3.8, 4) is 5.75 Å². The number of ether oxygens (including phenoxy) is 3. The molecule has 3 atom stereocenters. The van der Waals surface area contributed by atoms with Gasteiger partial charge in [-0.1, -0.05) is 19.1 Å². The van der Waals surface area contributed by atoms with Crippen molar-refractivity contribution in [3.05, 3.63) is 89.5 Å². The van der Waals surface area contributed by atoms with E-state index in [0.29, 0.717) is 11.3 Å². The lowest BCUT2D eigenvalue weighted by atomic mass is 10.1. The van der Waals surface area contributed by atoms with Crippen LogP contribution in [0.4, 0.5) is 27.6 Å². The lowest BCUT2D eigenvalue weighted by Gasteiger charge is -2.26. The van der Waals surface area contributed by atoms with Gasteiger partial charge in [-0.3, -0.25) is 4.79 Å². The van der Waals surface area contributed by atoms with Crippen LogP contribution in [0.25, 0.3) is 0 Å². The van der Waals surface area contributed by atoms with E-state index < -0.39 is 64.9 Å². The van der Waals surface area contributed by atoms with E-state index in [1.54, 1.807) is 17.0 Å². The van der Waals surface area contributed by atoms with Crippen molar-refractivity contribution in [1.29, 1.82) is 0 Å². The molecule has 3 aromatic carbocycles. The van der Waals surface area contributed by atoms with Crippen LogP contribution >= 0.6 is 0 Å². The Morgan fingerprint density at radius 1 is 1.00 bits per heavy atom. The number of aliphatic carboxylic acids is 1. The third kappa shape index (κ3) is 9.87. The maximum Gasteiger partial charge on any atom is 0.416 e. The summed E-state index contributed by atoms with van der Waals surface area (Å²) >= 11 is 0. The Labute approximate surface area is 273 Å². The number of nitrogens with one attached hydrogen (secondary N) is 1. The first-order chi connectivity index (χ1) is 22.7. The van der Waals surface area contributed by atoms with Gasteiger partial charge in [0, 0.05) is 17.7 Å². The molecule has 0 aromatic heterocycles. The number of carboxylic acid groups (broad SMARTS) is 1. The molecule has 10 nitrogen and oxygen atoms in total. The first-order valence-electron chi connectivity index (χ1n) is 14.7. The maximum atomic E-state index is 13.2. The molecule has 1 saturated heterocycles. The van der Waals surface area contributed by atoms with E-state index in [0.717, 1.165) is 12.1 Å². The minimum Gasteiger partial charge on any atom is -0.489 e. The third-order valence-corrected chi connectivity index (χ3v) is 9.32. The fraction of sp³-hybridized carbons (Fsp3) is 0.375. The van der Waals surface area contributed by atoms with E-state index in [1.807, 2.05) is 0 Å². The number of halogens is 5. The van der Waals surface area contributed by atoms with Crippen molar-refractivity contribution in [3.63, 3.8) is 0 Å². The molecule has 3 aromatic rings. The van der Waals surface area contributed by atoms with Crippen LogP contribution in [0.15, 0.2) is 77.7 Å². The number of carbonyl (C=O) groups is 2. The normalized spacial score (nSPS) is 17.4. The monoisotopic (exact) mass is 700 g/mol. The van der Waals surface area contributed by atoms with Gasteiger partial charge in [0.25, 0.3) is 5.91 Å². The molecule has 1 aliphatic heterocycles. The van der Waals surface area contributed by atoms with E-state index >= 15 is 0 Å². The number of nitrogens with zero attached hydrogens (tertiary/aromatic N) is 1. The fourth-order valence-corrected chi connectivity index (χ4v) is 6.02. The summed E-state index contributed by atoms with van der Waals surface area (Å²) < 4.78 is 105. The molecule has 4 rings (SSSR count). The first-order valence-corrected chi connectivity index (χ1v) is 16.3. The molecule has 0 radical (unpaired) electrons. The zero-order valence-corrected chi connectivity index (χ0v) is 26.3. The van der Waals surface area contributed by atoms with Gasteiger partial charge >= 0.3 is 18.8 Å². The SMILES string of the molecule is CCS(=O)(=O)c1ccc(C(COCC(=O)O)NC(=O)c2ccc(N3C[C@@H](Oc4ccc(C(F)(F)F)cc4)C[C@H]3COC(F)F)cc2)cc1. The number of sulfone groups is 1. The maximum absolute atomic E-state index is 13.2. The molecule has 48 heavy (non-hydrogen) atoms. The second kappa shape index (κ2) is 15.7. The summed E-state index contributed by atoms with van der Waals surface area (Å²) in [6.07, 6.45) is -4.85. The molecule has 2 N–H and O–H groups in total. The van der Waals surface area contributed by atoms with Crippen LogP contribution in [0, 0.1) is 0 Å². The van der Waals surface area contributed by atoms with Crippen LogP contribution < -0.4 is 15.0 Å². The number of hydrogen-bond donors (Lipinski definition) is 2. The highest BCUT2D eigenvalue weighted by Crippen LogP contribution is 2.33. The molecular weight excluding hydrogens is 667 g/mol. The zero-order valence-electron chi connectivity index (χ0n) is 25.5. The Morgan fingerprint density at radius 2 is 1.65 bits per heavy atom. The molecule has 1 fully saturated rings. The summed E-state index contributed by atoms with van der Waals surface area (Å²) in [6.45, 7) is -2.53. The van der Waals surface area contributed by atoms with Crippen molar-refractivity contribution in [2.75, 3.05) is 37.0 Å². The average Bonchev–Trinajstić information content (AvgIpc) is 3.45. The highest BCUT2D eigenvalue weighted by molar-refractivity contribution is 7.91. The predicted molar refractivity (Wildman–Crippen MR) is 163 cm³/mol. The Kier molecular flexibility index (Phi) is 12.0. The molecule has 0 bridgehead atoms. The topological polar surface area (TPSA) is 131 Å². The Bertz CT molecular complexity index is 1640. The van der Waals surface area contributed by atoms with Gasteiger partial charge in [-0.25, -0.2) is 13.2 Å². The highest BCUT2D eigenvalue weighted by atomic mass is 32.2. The first kappa shape index (κ1) is 36.6. The molecule has 260 valence electrons. The summed E-state index contributed by atoms with van der Waals surface area (Å²) in [5.74, 6) is -1.70. The largest absolute Gasteiger partial charge is 0.489 e. The van der Waals surface area contributed by atoms with Crippen molar-refractivity contribution in [1.82, 2.24) is 5.32 Å². The quantitative estimate of drug-likeness (QED) is 0.202. The van der Waals surface area contributed by atoms with Crippen molar-refractivity contribution in [2.24, 2.45) is 0 Å². The van der Waals surface area contributed by atoms with Gasteiger partial charge in [-0.2, -0.15) is 22.0 Å². The van der Waals surface area contributed by atoms with E-state index in [9.17, 15) is 40.0 Å². The van der Waals surface area contributed by atoms with Gasteiger partial charge in [0.15, 0.2) is 9.84 Å². The lowest BCUT2D eigenvalue weighted by Crippen LogP contribution is -2.34. The van der Waals surface area contributed by atoms with E-state index in [1.165, 1.54) is 55.5 Å². The molecule has 1 unspecified atom stereocenters. The van der Waals surface area contributed by atoms with Crippen molar-refractivity contribution < 1.29 is 59.3 Å². The summed E-state index contributed by atoms with van der Waals surface area (Å²) in [7, 11) is -3.47. The van der Waals surface area contributed by atoms with Crippen LogP contribution in [0.5, 0.6) is 5.75 Å². The standard InChI is InChI=1S/C32H33F5N2O8S/c1-2-48(43,44)27-13-5-20(6-14-27)28(18-45-19-29(40)41)38-30(42)21-3-9-23(10-4-21)39-16-26(15-24(39)17-46-31(33)34)47-25-11-7-22(8-12-25)32(35,36)37/h3-14,24,26,28,31H,2,15-19H2,1H3,(H,38,42)(H,40,41)/t24-,26-,28?/m0/s1. The van der Waals surface area contributed by atoms with Gasteiger partial charge in [-0.15, -0.1) is 0 Å². The number of anilines is 1. The van der Waals surface area contributed by atoms with Crippen LogP contribution in [-0.4, -0.2) is 76.3 Å². The molecule has 0 spiro atoms. The number of benzene rings is 3. The summed E-state index contributed by atoms with van der Waals surface area (Å²) in [6, 6.07) is 14.7. The second-order valence-electron chi connectivity index (χ2n) is 10.9. The van der Waals surface area contributed by atoms with Crippen LogP contribution in [0.3, 0.4) is 0 Å². The number of rotatable bonds is 15. The van der Waals surface area contributed by atoms with Gasteiger partial charge < -0.3 is 29.5 Å². The average molecular weight is 701 g/mol. The lowest BCUT2D eigenvalue weighted by molar-refractivity contribution is -0.142. The van der Waals surface area contributed by atoms with Gasteiger partial charge in [0.05, 0.1) is 48.1 Å². The predicted octanol–water partition coefficient (Wildman–Crippen LogP) is 5.34. The fourth-order valence-electron chi connectivity index (χ4n) is 5.14. The van der Waals surface area contributed by atoms with Gasteiger partial charge in [0.1, 0.15) is 18.5 Å².